The molecule has 6 fully saturated rings. The standard InChI is InChI=1S/C23H39B/c1-8-9-24(20-12-16-10-18(14(20)2)22(16,4)5)21-13-17-11-19(15(21)3)23(17,6)7/h8,14-21H,1,9-13H2,2-7H3/t14-,15-,16+,17+,18-,19-,20-,21-/m0/s1. The molecule has 24 heavy (non-hydrogen) atoms. The lowest BCUT2D eigenvalue weighted by Crippen LogP contribution is -2.59. The van der Waals surface area contributed by atoms with Crippen molar-refractivity contribution in [1.29, 1.82) is 0 Å². The zero-order valence-electron chi connectivity index (χ0n) is 17.0. The van der Waals surface area contributed by atoms with Crippen LogP contribution in [0.15, 0.2) is 12.7 Å². The van der Waals surface area contributed by atoms with Gasteiger partial charge in [-0.1, -0.05) is 78.4 Å². The van der Waals surface area contributed by atoms with Gasteiger partial charge in [-0.15, -0.1) is 6.58 Å². The van der Waals surface area contributed by atoms with E-state index >= 15 is 0 Å². The molecule has 6 rings (SSSR count). The van der Waals surface area contributed by atoms with Gasteiger partial charge in [0.15, 0.2) is 6.71 Å². The monoisotopic (exact) mass is 326 g/mol. The van der Waals surface area contributed by atoms with Crippen LogP contribution in [0.5, 0.6) is 0 Å². The molecule has 0 aromatic heterocycles. The number of rotatable bonds is 4. The van der Waals surface area contributed by atoms with Crippen molar-refractivity contribution in [1.82, 2.24) is 0 Å². The average molecular weight is 326 g/mol. The summed E-state index contributed by atoms with van der Waals surface area (Å²) in [5.74, 6) is 7.75. The van der Waals surface area contributed by atoms with Crippen molar-refractivity contribution < 1.29 is 0 Å². The summed E-state index contributed by atoms with van der Waals surface area (Å²) in [6, 6.07) is 0. The van der Waals surface area contributed by atoms with Gasteiger partial charge in [0.1, 0.15) is 0 Å². The van der Waals surface area contributed by atoms with Crippen LogP contribution in [0, 0.1) is 46.3 Å². The van der Waals surface area contributed by atoms with Crippen LogP contribution in [0.1, 0.15) is 67.2 Å². The number of fused-ring (bicyclic) bond motifs is 4. The second-order valence-electron chi connectivity index (χ2n) is 11.4. The molecule has 0 aromatic rings. The van der Waals surface area contributed by atoms with E-state index in [9.17, 15) is 0 Å². The highest BCUT2D eigenvalue weighted by Crippen LogP contribution is 2.69. The lowest BCUT2D eigenvalue weighted by atomic mass is 9.20. The molecule has 0 radical (unpaired) electrons. The van der Waals surface area contributed by atoms with Crippen molar-refractivity contribution in [3.8, 4) is 0 Å². The van der Waals surface area contributed by atoms with Gasteiger partial charge >= 0.3 is 0 Å². The topological polar surface area (TPSA) is 0 Å². The van der Waals surface area contributed by atoms with Crippen LogP contribution in [-0.4, -0.2) is 6.71 Å². The molecule has 4 bridgehead atoms. The summed E-state index contributed by atoms with van der Waals surface area (Å²) in [5, 5.41) is 0. The third-order valence-electron chi connectivity index (χ3n) is 10.4. The van der Waals surface area contributed by atoms with Crippen LogP contribution in [0.25, 0.3) is 0 Å². The predicted octanol–water partition coefficient (Wildman–Crippen LogP) is 6.81. The zero-order valence-corrected chi connectivity index (χ0v) is 17.0. The van der Waals surface area contributed by atoms with Gasteiger partial charge < -0.3 is 0 Å². The summed E-state index contributed by atoms with van der Waals surface area (Å²) in [6.07, 6.45) is 9.56. The van der Waals surface area contributed by atoms with Gasteiger partial charge in [0.25, 0.3) is 0 Å². The third kappa shape index (κ3) is 2.11. The first-order chi connectivity index (χ1) is 11.2. The van der Waals surface area contributed by atoms with E-state index in [0.29, 0.717) is 10.8 Å². The molecule has 0 spiro atoms. The second kappa shape index (κ2) is 5.40. The zero-order chi connectivity index (χ0) is 17.4. The molecule has 1 heteroatoms. The van der Waals surface area contributed by atoms with Crippen LogP contribution in [0.2, 0.25) is 18.0 Å². The fourth-order valence-corrected chi connectivity index (χ4v) is 8.37. The van der Waals surface area contributed by atoms with E-state index in [0.717, 1.165) is 53.9 Å². The van der Waals surface area contributed by atoms with Gasteiger partial charge in [0, 0.05) is 0 Å². The highest BCUT2D eigenvalue weighted by atomic mass is 14.6. The molecular weight excluding hydrogens is 287 g/mol. The first-order valence-corrected chi connectivity index (χ1v) is 10.8. The fraction of sp³-hybridized carbons (Fsp3) is 0.913. The van der Waals surface area contributed by atoms with Crippen molar-refractivity contribution in [3.05, 3.63) is 12.7 Å². The summed E-state index contributed by atoms with van der Waals surface area (Å²) in [4.78, 5) is 0. The van der Waals surface area contributed by atoms with Crippen LogP contribution in [-0.2, 0) is 0 Å². The Balaban J connectivity index is 1.55. The number of hydrogen-bond acceptors (Lipinski definition) is 0. The molecule has 0 unspecified atom stereocenters. The van der Waals surface area contributed by atoms with Crippen molar-refractivity contribution >= 4 is 6.71 Å². The van der Waals surface area contributed by atoms with E-state index in [1.54, 1.807) is 0 Å². The Labute approximate surface area is 151 Å². The minimum atomic E-state index is 0.622. The lowest BCUT2D eigenvalue weighted by molar-refractivity contribution is -0.107. The van der Waals surface area contributed by atoms with Crippen LogP contribution in [0.4, 0.5) is 0 Å². The second-order valence-corrected chi connectivity index (χ2v) is 11.4. The smallest absolute Gasteiger partial charge is 0.104 e. The first-order valence-electron chi connectivity index (χ1n) is 10.8. The summed E-state index contributed by atoms with van der Waals surface area (Å²) in [7, 11) is 0. The van der Waals surface area contributed by atoms with Crippen molar-refractivity contribution in [3.63, 3.8) is 0 Å². The quantitative estimate of drug-likeness (QED) is 0.393. The summed E-state index contributed by atoms with van der Waals surface area (Å²) < 4.78 is 0. The van der Waals surface area contributed by atoms with E-state index in [1.807, 2.05) is 0 Å². The van der Waals surface area contributed by atoms with Gasteiger partial charge in [-0.2, -0.15) is 0 Å². The highest BCUT2D eigenvalue weighted by Gasteiger charge is 2.61. The fourth-order valence-electron chi connectivity index (χ4n) is 8.37. The average Bonchev–Trinajstić information content (AvgIpc) is 2.52. The van der Waals surface area contributed by atoms with Crippen molar-refractivity contribution in [2.45, 2.75) is 85.2 Å². The Morgan fingerprint density at radius 2 is 1.25 bits per heavy atom. The van der Waals surface area contributed by atoms with Gasteiger partial charge in [-0.05, 0) is 59.2 Å². The molecule has 0 nitrogen and oxygen atoms in total. The van der Waals surface area contributed by atoms with Gasteiger partial charge in [-0.3, -0.25) is 0 Å². The maximum Gasteiger partial charge on any atom is 0.150 e. The van der Waals surface area contributed by atoms with Gasteiger partial charge in [0.05, 0.1) is 0 Å². The highest BCUT2D eigenvalue weighted by molar-refractivity contribution is 6.62. The van der Waals surface area contributed by atoms with E-state index in [1.165, 1.54) is 32.0 Å². The molecule has 6 aliphatic rings. The molecule has 0 aliphatic heterocycles. The first kappa shape index (κ1) is 17.2. The maximum atomic E-state index is 4.16. The molecule has 0 saturated heterocycles. The molecular formula is C23H39B. The number of hydrogen-bond donors (Lipinski definition) is 0. The Hall–Kier alpha value is -0.195. The normalized spacial score (nSPS) is 50.4. The molecule has 6 aliphatic carbocycles. The Morgan fingerprint density at radius 3 is 1.54 bits per heavy atom. The predicted molar refractivity (Wildman–Crippen MR) is 107 cm³/mol. The molecule has 0 aromatic carbocycles. The Kier molecular flexibility index (Phi) is 3.88. The van der Waals surface area contributed by atoms with Gasteiger partial charge in [-0.25, -0.2) is 0 Å². The van der Waals surface area contributed by atoms with Gasteiger partial charge in [0.2, 0.25) is 0 Å². The van der Waals surface area contributed by atoms with E-state index < -0.39 is 0 Å². The number of allylic oxidation sites excluding steroid dienone is 1. The Morgan fingerprint density at radius 1 is 0.833 bits per heavy atom. The van der Waals surface area contributed by atoms with Crippen LogP contribution >= 0.6 is 0 Å². The Bertz CT molecular complexity index is 476. The van der Waals surface area contributed by atoms with E-state index in [2.05, 4.69) is 54.2 Å². The molecule has 134 valence electrons. The maximum absolute atomic E-state index is 4.16. The minimum absolute atomic E-state index is 0.622. The summed E-state index contributed by atoms with van der Waals surface area (Å²) in [5.41, 5.74) is 1.24. The molecule has 0 amide bonds. The summed E-state index contributed by atoms with van der Waals surface area (Å²) in [6.45, 7) is 20.4. The van der Waals surface area contributed by atoms with E-state index in [-0.39, 0.29) is 0 Å². The molecule has 8 atom stereocenters. The lowest BCUT2D eigenvalue weighted by Gasteiger charge is -2.66. The molecule has 6 saturated carbocycles. The minimum Gasteiger partial charge on any atom is -0.104 e. The SMILES string of the molecule is C=CCB([C@H]1C[C@H]2C[C@@H]([C@@H]1C)C2(C)C)[C@H]1C[C@H]2C[C@@H]([C@@H]1C)C2(C)C. The molecule has 0 N–H and O–H groups in total. The largest absolute Gasteiger partial charge is 0.150 e. The van der Waals surface area contributed by atoms with Crippen molar-refractivity contribution in [2.24, 2.45) is 46.3 Å². The third-order valence-corrected chi connectivity index (χ3v) is 10.4. The van der Waals surface area contributed by atoms with E-state index in [4.69, 9.17) is 0 Å². The summed E-state index contributed by atoms with van der Waals surface area (Å²) >= 11 is 0. The van der Waals surface area contributed by atoms with Crippen LogP contribution in [0.3, 0.4) is 0 Å². The van der Waals surface area contributed by atoms with Crippen LogP contribution < -0.4 is 0 Å². The molecule has 0 heterocycles. The van der Waals surface area contributed by atoms with Crippen molar-refractivity contribution in [2.75, 3.05) is 0 Å².